The number of carbonyl (C=O) groups is 1. The monoisotopic (exact) mass is 422 g/mol. The van der Waals surface area contributed by atoms with E-state index >= 15 is 0 Å². The molecule has 5 heterocycles. The average Bonchev–Trinajstić information content (AvgIpc) is 3.32. The lowest BCUT2D eigenvalue weighted by molar-refractivity contribution is -0.224. The van der Waals surface area contributed by atoms with Crippen LogP contribution >= 0.6 is 34.0 Å². The number of hydrogen-bond acceptors (Lipinski definition) is 8. The second-order valence-electron chi connectivity index (χ2n) is 7.37. The number of ether oxygens (including phenoxy) is 4. The molecule has 1 fully saturated rings. The molecule has 1 saturated heterocycles. The van der Waals surface area contributed by atoms with Gasteiger partial charge in [-0.1, -0.05) is 13.8 Å². The molecule has 5 nitrogen and oxygen atoms in total. The third-order valence-corrected chi connectivity index (χ3v) is 8.04. The lowest BCUT2D eigenvalue weighted by atomic mass is 9.96. The molecular weight excluding hydrogens is 404 g/mol. The molecule has 0 aliphatic carbocycles. The van der Waals surface area contributed by atoms with Gasteiger partial charge >= 0.3 is 0 Å². The number of fused-ring (bicyclic) bond motifs is 2. The van der Waals surface area contributed by atoms with Crippen LogP contribution in [0.3, 0.4) is 0 Å². The summed E-state index contributed by atoms with van der Waals surface area (Å²) in [7, 11) is 0. The second-order valence-corrected chi connectivity index (χ2v) is 10.6. The van der Waals surface area contributed by atoms with Crippen molar-refractivity contribution in [3.8, 4) is 21.3 Å². The summed E-state index contributed by atoms with van der Waals surface area (Å²) >= 11 is 4.81. The minimum absolute atomic E-state index is 0.0644. The summed E-state index contributed by atoms with van der Waals surface area (Å²) in [4.78, 5) is 15.1. The largest absolute Gasteiger partial charge is 0.485 e. The molecule has 0 bridgehead atoms. The van der Waals surface area contributed by atoms with Crippen molar-refractivity contribution in [1.82, 2.24) is 0 Å². The molecule has 2 aliphatic rings. The van der Waals surface area contributed by atoms with Crippen LogP contribution in [0, 0.1) is 5.41 Å². The number of hydrogen-bond donors (Lipinski definition) is 0. The van der Waals surface area contributed by atoms with Crippen LogP contribution in [0.2, 0.25) is 0 Å². The first kappa shape index (κ1) is 17.6. The Hall–Kier alpha value is -1.45. The smallest absolute Gasteiger partial charge is 0.193 e. The number of thiophene rings is 3. The Morgan fingerprint density at radius 1 is 1.00 bits per heavy atom. The van der Waals surface area contributed by atoms with Gasteiger partial charge in [0.05, 0.1) is 27.8 Å². The molecule has 0 unspecified atom stereocenters. The molecule has 8 heteroatoms. The Bertz CT molecular complexity index is 971. The van der Waals surface area contributed by atoms with E-state index in [4.69, 9.17) is 18.9 Å². The van der Waals surface area contributed by atoms with Gasteiger partial charge in [-0.15, -0.1) is 34.0 Å². The zero-order valence-corrected chi connectivity index (χ0v) is 17.4. The number of rotatable bonds is 3. The fourth-order valence-electron chi connectivity index (χ4n) is 3.15. The predicted molar refractivity (Wildman–Crippen MR) is 108 cm³/mol. The molecule has 0 aromatic carbocycles. The summed E-state index contributed by atoms with van der Waals surface area (Å²) in [6, 6.07) is 4.30. The number of carbonyl (C=O) groups excluding carboxylic acids is 1. The van der Waals surface area contributed by atoms with E-state index in [1.807, 2.05) is 0 Å². The van der Waals surface area contributed by atoms with Crippen molar-refractivity contribution in [2.45, 2.75) is 20.1 Å². The molecule has 0 radical (unpaired) electrons. The van der Waals surface area contributed by atoms with Crippen molar-refractivity contribution < 1.29 is 23.7 Å². The maximum Gasteiger partial charge on any atom is 0.193 e. The molecule has 3 aromatic rings. The lowest BCUT2D eigenvalue weighted by Crippen LogP contribution is -2.33. The topological polar surface area (TPSA) is 54.0 Å². The lowest BCUT2D eigenvalue weighted by Gasteiger charge is -2.34. The zero-order valence-electron chi connectivity index (χ0n) is 14.9. The van der Waals surface area contributed by atoms with Gasteiger partial charge in [0.15, 0.2) is 24.1 Å². The van der Waals surface area contributed by atoms with E-state index in [1.54, 1.807) is 22.7 Å². The molecule has 5 rings (SSSR count). The van der Waals surface area contributed by atoms with Crippen LogP contribution in [-0.4, -0.2) is 32.7 Å². The number of aldehydes is 1. The van der Waals surface area contributed by atoms with Gasteiger partial charge in [-0.3, -0.25) is 4.79 Å². The second kappa shape index (κ2) is 6.56. The Morgan fingerprint density at radius 3 is 2.41 bits per heavy atom. The Morgan fingerprint density at radius 2 is 1.70 bits per heavy atom. The third-order valence-electron chi connectivity index (χ3n) is 4.46. The van der Waals surface area contributed by atoms with Crippen LogP contribution in [0.5, 0.6) is 11.5 Å². The zero-order chi connectivity index (χ0) is 18.6. The normalized spacial score (nSPS) is 19.5. The molecule has 0 N–H and O–H groups in total. The van der Waals surface area contributed by atoms with Crippen molar-refractivity contribution >= 4 is 49.7 Å². The highest BCUT2D eigenvalue weighted by molar-refractivity contribution is 7.31. The van der Waals surface area contributed by atoms with E-state index in [2.05, 4.69) is 26.0 Å². The molecular formula is C19H18O5S3. The summed E-state index contributed by atoms with van der Waals surface area (Å²) < 4.78 is 25.6. The highest BCUT2D eigenvalue weighted by atomic mass is 32.1. The van der Waals surface area contributed by atoms with E-state index in [9.17, 15) is 4.79 Å². The highest BCUT2D eigenvalue weighted by Gasteiger charge is 2.31. The molecule has 0 atom stereocenters. The van der Waals surface area contributed by atoms with Gasteiger partial charge in [-0.05, 0) is 12.1 Å². The van der Waals surface area contributed by atoms with Gasteiger partial charge in [0.25, 0.3) is 0 Å². The Labute approximate surface area is 168 Å². The van der Waals surface area contributed by atoms with Crippen molar-refractivity contribution in [3.63, 3.8) is 0 Å². The van der Waals surface area contributed by atoms with Gasteiger partial charge < -0.3 is 18.9 Å². The molecule has 142 valence electrons. The van der Waals surface area contributed by atoms with Crippen molar-refractivity contribution in [3.05, 3.63) is 21.9 Å². The maximum absolute atomic E-state index is 11.4. The van der Waals surface area contributed by atoms with E-state index in [0.29, 0.717) is 42.8 Å². The van der Waals surface area contributed by atoms with Crippen LogP contribution in [0.15, 0.2) is 12.1 Å². The minimum Gasteiger partial charge on any atom is -0.485 e. The van der Waals surface area contributed by atoms with E-state index in [1.165, 1.54) is 20.7 Å². The minimum atomic E-state index is -0.279. The first-order valence-electron chi connectivity index (χ1n) is 8.68. The van der Waals surface area contributed by atoms with Crippen molar-refractivity contribution in [1.29, 1.82) is 0 Å². The van der Waals surface area contributed by atoms with Crippen LogP contribution in [0.1, 0.15) is 34.7 Å². The summed E-state index contributed by atoms with van der Waals surface area (Å²) in [5, 5.41) is 0. The summed E-state index contributed by atoms with van der Waals surface area (Å²) in [5.74, 6) is 1.28. The molecule has 3 aromatic heterocycles. The molecule has 0 saturated carbocycles. The first-order chi connectivity index (χ1) is 13.0. The molecule has 2 aliphatic heterocycles. The van der Waals surface area contributed by atoms with Gasteiger partial charge in [-0.25, -0.2) is 0 Å². The average molecular weight is 423 g/mol. The first-order valence-corrected chi connectivity index (χ1v) is 11.1. The third kappa shape index (κ3) is 3.09. The maximum atomic E-state index is 11.4. The van der Waals surface area contributed by atoms with Crippen LogP contribution in [0.4, 0.5) is 0 Å². The summed E-state index contributed by atoms with van der Waals surface area (Å²) in [6.45, 7) is 6.66. The standard InChI is InChI=1S/C19H18O5S3/c1-19(2)8-23-18(24-9-19)13-6-11-10(26-13)5-12(25-11)17-16-15(14(7-20)27-17)21-3-4-22-16/h5-7,18H,3-4,8-9H2,1-2H3. The Balaban J connectivity index is 1.46. The van der Waals surface area contributed by atoms with E-state index in [-0.39, 0.29) is 11.7 Å². The molecule has 27 heavy (non-hydrogen) atoms. The van der Waals surface area contributed by atoms with Gasteiger partial charge in [-0.2, -0.15) is 0 Å². The fraction of sp³-hybridized carbons (Fsp3) is 0.421. The van der Waals surface area contributed by atoms with E-state index in [0.717, 1.165) is 20.9 Å². The SMILES string of the molecule is CC1(C)COC(c2cc3sc(-c4sc(C=O)c5c4OCCO5)cc3s2)OC1. The predicted octanol–water partition coefficient (Wildman–Crippen LogP) is 5.35. The summed E-state index contributed by atoms with van der Waals surface area (Å²) in [5.41, 5.74) is 0.0644. The van der Waals surface area contributed by atoms with Crippen molar-refractivity contribution in [2.75, 3.05) is 26.4 Å². The van der Waals surface area contributed by atoms with Crippen LogP contribution < -0.4 is 9.47 Å². The van der Waals surface area contributed by atoms with Crippen molar-refractivity contribution in [2.24, 2.45) is 5.41 Å². The van der Waals surface area contributed by atoms with Gasteiger partial charge in [0.2, 0.25) is 0 Å². The highest BCUT2D eigenvalue weighted by Crippen LogP contribution is 2.52. The molecule has 0 spiro atoms. The Kier molecular flexibility index (Phi) is 4.29. The molecule has 0 amide bonds. The van der Waals surface area contributed by atoms with Crippen LogP contribution in [0.25, 0.3) is 19.2 Å². The van der Waals surface area contributed by atoms with Gasteiger partial charge in [0, 0.05) is 14.8 Å². The quantitative estimate of drug-likeness (QED) is 0.533. The van der Waals surface area contributed by atoms with Crippen LogP contribution in [-0.2, 0) is 9.47 Å². The van der Waals surface area contributed by atoms with Gasteiger partial charge in [0.1, 0.15) is 18.1 Å². The summed E-state index contributed by atoms with van der Waals surface area (Å²) in [6.07, 6.45) is 0.564. The fourth-order valence-corrected chi connectivity index (χ4v) is 6.66. The van der Waals surface area contributed by atoms with E-state index < -0.39 is 0 Å².